The minimum atomic E-state index is -0.0788. The molecule has 1 aliphatic rings. The Balaban J connectivity index is 1.14. The van der Waals surface area contributed by atoms with Gasteiger partial charge in [-0.2, -0.15) is 0 Å². The third-order valence-corrected chi connectivity index (χ3v) is 12.4. The van der Waals surface area contributed by atoms with Gasteiger partial charge in [0.1, 0.15) is 0 Å². The second kappa shape index (κ2) is 13.0. The van der Waals surface area contributed by atoms with Crippen molar-refractivity contribution in [2.75, 3.05) is 0 Å². The second-order valence-electron chi connectivity index (χ2n) is 16.0. The fourth-order valence-corrected chi connectivity index (χ4v) is 9.65. The summed E-state index contributed by atoms with van der Waals surface area (Å²) in [7, 11) is 0. The molecule has 0 bridgehead atoms. The number of benzene rings is 10. The van der Waals surface area contributed by atoms with Gasteiger partial charge in [0.2, 0.25) is 0 Å². The molecular weight excluding hydrogens is 685 g/mol. The van der Waals surface area contributed by atoms with Gasteiger partial charge >= 0.3 is 0 Å². The molecule has 1 aliphatic carbocycles. The van der Waals surface area contributed by atoms with Crippen molar-refractivity contribution in [3.05, 3.63) is 217 Å². The van der Waals surface area contributed by atoms with Crippen LogP contribution in [-0.2, 0) is 5.41 Å². The number of hydrogen-bond acceptors (Lipinski definition) is 0. The molecule has 0 atom stereocenters. The van der Waals surface area contributed by atoms with Crippen LogP contribution in [0.15, 0.2) is 206 Å². The van der Waals surface area contributed by atoms with Crippen molar-refractivity contribution in [1.82, 2.24) is 0 Å². The van der Waals surface area contributed by atoms with Crippen molar-refractivity contribution in [2.24, 2.45) is 0 Å². The lowest BCUT2D eigenvalue weighted by atomic mass is 9.81. The zero-order valence-electron chi connectivity index (χ0n) is 32.1. The average molecular weight is 725 g/mol. The van der Waals surface area contributed by atoms with E-state index in [2.05, 4.69) is 220 Å². The van der Waals surface area contributed by atoms with E-state index < -0.39 is 0 Å². The standard InChI is InChI=1S/C57H40/c1-57(2)52-31-30-42(36-51(52)56-46-20-10-9-19-41(46)29-32-53(56)57)54-47-21-11-13-23-49(47)55(50-24-14-12-22-48(50)54)45-34-43(38-17-7-4-8-18-38)33-44(35-45)40-27-25-39(26-28-40)37-15-5-3-6-16-37/h3-36H,1-2H3. The van der Waals surface area contributed by atoms with Crippen molar-refractivity contribution >= 4 is 32.3 Å². The van der Waals surface area contributed by atoms with E-state index in [1.807, 2.05) is 0 Å². The van der Waals surface area contributed by atoms with Crippen LogP contribution >= 0.6 is 0 Å². The molecule has 0 nitrogen and oxygen atoms in total. The molecule has 0 aliphatic heterocycles. The van der Waals surface area contributed by atoms with Crippen LogP contribution < -0.4 is 0 Å². The molecule has 57 heavy (non-hydrogen) atoms. The van der Waals surface area contributed by atoms with Gasteiger partial charge in [0, 0.05) is 5.41 Å². The molecule has 0 heterocycles. The summed E-state index contributed by atoms with van der Waals surface area (Å²) in [5.41, 5.74) is 17.7. The van der Waals surface area contributed by atoms with E-state index in [0.717, 1.165) is 0 Å². The molecule has 0 heteroatoms. The molecule has 0 spiro atoms. The predicted molar refractivity (Wildman–Crippen MR) is 244 cm³/mol. The summed E-state index contributed by atoms with van der Waals surface area (Å²) < 4.78 is 0. The maximum Gasteiger partial charge on any atom is 0.0159 e. The molecule has 0 aromatic heterocycles. The second-order valence-corrected chi connectivity index (χ2v) is 16.0. The lowest BCUT2D eigenvalue weighted by molar-refractivity contribution is 0.661. The molecule has 268 valence electrons. The van der Waals surface area contributed by atoms with E-state index >= 15 is 0 Å². The Hall–Kier alpha value is -7.02. The molecule has 10 aromatic carbocycles. The minimum absolute atomic E-state index is 0.0788. The Morgan fingerprint density at radius 2 is 0.667 bits per heavy atom. The highest BCUT2D eigenvalue weighted by Gasteiger charge is 2.36. The van der Waals surface area contributed by atoms with Crippen molar-refractivity contribution in [2.45, 2.75) is 19.3 Å². The van der Waals surface area contributed by atoms with Gasteiger partial charge in [-0.05, 0) is 134 Å². The van der Waals surface area contributed by atoms with Crippen molar-refractivity contribution in [1.29, 1.82) is 0 Å². The summed E-state index contributed by atoms with van der Waals surface area (Å²) >= 11 is 0. The van der Waals surface area contributed by atoms with Crippen LogP contribution in [0.2, 0.25) is 0 Å². The van der Waals surface area contributed by atoms with Crippen LogP contribution in [0, 0.1) is 0 Å². The van der Waals surface area contributed by atoms with Gasteiger partial charge in [-0.25, -0.2) is 0 Å². The molecule has 0 N–H and O–H groups in total. The SMILES string of the molecule is CC1(C)c2ccc(-c3c4ccccc4c(-c4cc(-c5ccccc5)cc(-c5ccc(-c6ccccc6)cc5)c4)c4ccccc34)cc2-c2c1ccc1ccccc21. The first-order chi connectivity index (χ1) is 28.0. The molecular formula is C57H40. The lowest BCUT2D eigenvalue weighted by Crippen LogP contribution is -2.14. The van der Waals surface area contributed by atoms with E-state index in [1.165, 1.54) is 110 Å². The highest BCUT2D eigenvalue weighted by Crippen LogP contribution is 2.53. The molecule has 0 saturated carbocycles. The van der Waals surface area contributed by atoms with E-state index in [0.29, 0.717) is 0 Å². The number of hydrogen-bond donors (Lipinski definition) is 0. The molecule has 0 unspecified atom stereocenters. The van der Waals surface area contributed by atoms with Crippen LogP contribution in [0.3, 0.4) is 0 Å². The average Bonchev–Trinajstić information content (AvgIpc) is 3.51. The monoisotopic (exact) mass is 724 g/mol. The molecule has 0 fully saturated rings. The summed E-state index contributed by atoms with van der Waals surface area (Å²) in [6.45, 7) is 4.75. The Morgan fingerprint density at radius 1 is 0.263 bits per heavy atom. The van der Waals surface area contributed by atoms with Gasteiger partial charge in [0.25, 0.3) is 0 Å². The molecule has 10 aromatic rings. The minimum Gasteiger partial charge on any atom is -0.0622 e. The first-order valence-corrected chi connectivity index (χ1v) is 20.0. The number of fused-ring (bicyclic) bond motifs is 7. The van der Waals surface area contributed by atoms with Gasteiger partial charge in [-0.1, -0.05) is 196 Å². The van der Waals surface area contributed by atoms with Gasteiger partial charge in [0.15, 0.2) is 0 Å². The largest absolute Gasteiger partial charge is 0.0622 e. The van der Waals surface area contributed by atoms with Crippen molar-refractivity contribution in [3.63, 3.8) is 0 Å². The van der Waals surface area contributed by atoms with Crippen LogP contribution in [0.25, 0.3) is 99.1 Å². The summed E-state index contributed by atoms with van der Waals surface area (Å²) in [5, 5.41) is 7.66. The highest BCUT2D eigenvalue weighted by molar-refractivity contribution is 6.22. The first kappa shape index (κ1) is 33.3. The van der Waals surface area contributed by atoms with Gasteiger partial charge in [0.05, 0.1) is 0 Å². The van der Waals surface area contributed by atoms with Gasteiger partial charge < -0.3 is 0 Å². The van der Waals surface area contributed by atoms with Crippen LogP contribution in [0.4, 0.5) is 0 Å². The lowest BCUT2D eigenvalue weighted by Gasteiger charge is -2.22. The van der Waals surface area contributed by atoms with E-state index in [-0.39, 0.29) is 5.41 Å². The maximum absolute atomic E-state index is 2.48. The quantitative estimate of drug-likeness (QED) is 0.155. The smallest absolute Gasteiger partial charge is 0.0159 e. The molecule has 11 rings (SSSR count). The summed E-state index contributed by atoms with van der Waals surface area (Å²) in [4.78, 5) is 0. The Morgan fingerprint density at radius 3 is 1.25 bits per heavy atom. The predicted octanol–water partition coefficient (Wildman–Crippen LogP) is 15.8. The van der Waals surface area contributed by atoms with Crippen LogP contribution in [-0.4, -0.2) is 0 Å². The zero-order valence-corrected chi connectivity index (χ0v) is 32.1. The van der Waals surface area contributed by atoms with E-state index in [9.17, 15) is 0 Å². The van der Waals surface area contributed by atoms with Gasteiger partial charge in [-0.15, -0.1) is 0 Å². The highest BCUT2D eigenvalue weighted by atomic mass is 14.4. The normalized spacial score (nSPS) is 12.9. The fraction of sp³-hybridized carbons (Fsp3) is 0.0526. The fourth-order valence-electron chi connectivity index (χ4n) is 9.65. The molecule has 0 amide bonds. The topological polar surface area (TPSA) is 0 Å². The molecule has 0 saturated heterocycles. The van der Waals surface area contributed by atoms with Crippen LogP contribution in [0.1, 0.15) is 25.0 Å². The Bertz CT molecular complexity index is 3110. The van der Waals surface area contributed by atoms with Crippen molar-refractivity contribution in [3.8, 4) is 66.8 Å². The number of rotatable bonds is 5. The summed E-state index contributed by atoms with van der Waals surface area (Å²) in [5.74, 6) is 0. The Kier molecular flexibility index (Phi) is 7.63. The third-order valence-electron chi connectivity index (χ3n) is 12.4. The Labute approximate surface area is 334 Å². The van der Waals surface area contributed by atoms with Gasteiger partial charge in [-0.3, -0.25) is 0 Å². The van der Waals surface area contributed by atoms with Crippen molar-refractivity contribution < 1.29 is 0 Å². The van der Waals surface area contributed by atoms with Crippen LogP contribution in [0.5, 0.6) is 0 Å². The third kappa shape index (κ3) is 5.36. The van der Waals surface area contributed by atoms with E-state index in [1.54, 1.807) is 0 Å². The molecule has 0 radical (unpaired) electrons. The zero-order chi connectivity index (χ0) is 38.1. The summed E-state index contributed by atoms with van der Waals surface area (Å²) in [6.07, 6.45) is 0. The van der Waals surface area contributed by atoms with E-state index in [4.69, 9.17) is 0 Å². The maximum atomic E-state index is 2.48. The summed E-state index contributed by atoms with van der Waals surface area (Å²) in [6, 6.07) is 76.4. The first-order valence-electron chi connectivity index (χ1n) is 20.0.